The normalized spacial score (nSPS) is 17.5. The van der Waals surface area contributed by atoms with E-state index in [2.05, 4.69) is 5.32 Å². The highest BCUT2D eigenvalue weighted by Gasteiger charge is 2.24. The van der Waals surface area contributed by atoms with Crippen molar-refractivity contribution in [2.24, 2.45) is 11.7 Å². The fourth-order valence-electron chi connectivity index (χ4n) is 2.71. The van der Waals surface area contributed by atoms with Gasteiger partial charge in [0, 0.05) is 18.7 Å². The largest absolute Gasteiger partial charge is 0.348 e. The molecule has 20 heavy (non-hydrogen) atoms. The Kier molecular flexibility index (Phi) is 5.30. The third-order valence-electron chi connectivity index (χ3n) is 3.85. The Morgan fingerprint density at radius 3 is 2.60 bits per heavy atom. The van der Waals surface area contributed by atoms with E-state index in [0.717, 1.165) is 18.4 Å². The predicted molar refractivity (Wildman–Crippen MR) is 78.4 cm³/mol. The lowest BCUT2D eigenvalue weighted by atomic mass is 9.98. The van der Waals surface area contributed by atoms with Crippen LogP contribution in [0, 0.1) is 11.7 Å². The maximum atomic E-state index is 12.8. The van der Waals surface area contributed by atoms with Gasteiger partial charge in [0.2, 0.25) is 5.91 Å². The highest BCUT2D eigenvalue weighted by atomic mass is 19.1. The summed E-state index contributed by atoms with van der Waals surface area (Å²) in [7, 11) is 0. The van der Waals surface area contributed by atoms with Crippen LogP contribution in [0.3, 0.4) is 0 Å². The van der Waals surface area contributed by atoms with Crippen molar-refractivity contribution in [1.82, 2.24) is 5.32 Å². The van der Waals surface area contributed by atoms with Gasteiger partial charge in [-0.1, -0.05) is 25.0 Å². The number of rotatable bonds is 5. The summed E-state index contributed by atoms with van der Waals surface area (Å²) < 4.78 is 12.8. The molecule has 2 rings (SSSR count). The minimum Gasteiger partial charge on any atom is -0.348 e. The van der Waals surface area contributed by atoms with Crippen molar-refractivity contribution >= 4 is 12.0 Å². The molecule has 4 heteroatoms. The first-order valence-corrected chi connectivity index (χ1v) is 7.13. The smallest absolute Gasteiger partial charge is 0.244 e. The molecule has 1 unspecified atom stereocenters. The van der Waals surface area contributed by atoms with Crippen LogP contribution in [0.2, 0.25) is 0 Å². The van der Waals surface area contributed by atoms with Crippen LogP contribution in [0.15, 0.2) is 30.3 Å². The fraction of sp³-hybridized carbons (Fsp3) is 0.438. The zero-order valence-corrected chi connectivity index (χ0v) is 11.5. The van der Waals surface area contributed by atoms with E-state index < -0.39 is 0 Å². The Hall–Kier alpha value is -1.68. The highest BCUT2D eigenvalue weighted by Crippen LogP contribution is 2.27. The Morgan fingerprint density at radius 2 is 2.00 bits per heavy atom. The summed E-state index contributed by atoms with van der Waals surface area (Å²) in [6.45, 7) is 0.473. The summed E-state index contributed by atoms with van der Waals surface area (Å²) in [6, 6.07) is 6.08. The fourth-order valence-corrected chi connectivity index (χ4v) is 2.71. The molecule has 0 saturated heterocycles. The molecule has 0 spiro atoms. The number of hydrogen-bond acceptors (Lipinski definition) is 2. The summed E-state index contributed by atoms with van der Waals surface area (Å²) >= 11 is 0. The first kappa shape index (κ1) is 14.7. The second kappa shape index (κ2) is 7.20. The Labute approximate surface area is 119 Å². The monoisotopic (exact) mass is 276 g/mol. The minimum atomic E-state index is -0.281. The molecule has 0 aromatic heterocycles. The standard InChI is InChI=1S/C16H21FN2O/c17-14-8-5-12(6-9-14)7-10-16(20)19-15(11-18)13-3-1-2-4-13/h5-10,13,15H,1-4,11,18H2,(H,19,20)/b10-7+. The molecule has 1 amide bonds. The van der Waals surface area contributed by atoms with Crippen molar-refractivity contribution in [3.05, 3.63) is 41.7 Å². The summed E-state index contributed by atoms with van der Waals surface area (Å²) in [4.78, 5) is 11.9. The second-order valence-electron chi connectivity index (χ2n) is 5.28. The van der Waals surface area contributed by atoms with Crippen molar-refractivity contribution in [2.45, 2.75) is 31.7 Å². The molecule has 1 atom stereocenters. The van der Waals surface area contributed by atoms with Gasteiger partial charge in [-0.25, -0.2) is 4.39 Å². The second-order valence-corrected chi connectivity index (χ2v) is 5.28. The van der Waals surface area contributed by atoms with E-state index in [1.165, 1.54) is 31.1 Å². The quantitative estimate of drug-likeness (QED) is 0.812. The molecular formula is C16H21FN2O. The molecule has 1 saturated carbocycles. The van der Waals surface area contributed by atoms with E-state index >= 15 is 0 Å². The van der Waals surface area contributed by atoms with Gasteiger partial charge in [0.05, 0.1) is 0 Å². The van der Waals surface area contributed by atoms with Gasteiger partial charge in [-0.05, 0) is 42.5 Å². The maximum Gasteiger partial charge on any atom is 0.244 e. The molecule has 3 N–H and O–H groups in total. The zero-order chi connectivity index (χ0) is 14.4. The predicted octanol–water partition coefficient (Wildman–Crippen LogP) is 2.47. The van der Waals surface area contributed by atoms with Crippen molar-refractivity contribution in [2.75, 3.05) is 6.54 Å². The Bertz CT molecular complexity index is 464. The maximum absolute atomic E-state index is 12.8. The number of amides is 1. The number of carbonyl (C=O) groups is 1. The van der Waals surface area contributed by atoms with Crippen LogP contribution in [-0.4, -0.2) is 18.5 Å². The summed E-state index contributed by atoms with van der Waals surface area (Å²) in [5.41, 5.74) is 6.54. The average Bonchev–Trinajstić information content (AvgIpc) is 2.98. The van der Waals surface area contributed by atoms with Crippen LogP contribution in [0.5, 0.6) is 0 Å². The number of nitrogens with two attached hydrogens (primary N) is 1. The lowest BCUT2D eigenvalue weighted by molar-refractivity contribution is -0.117. The van der Waals surface area contributed by atoms with Crippen molar-refractivity contribution in [1.29, 1.82) is 0 Å². The Morgan fingerprint density at radius 1 is 1.35 bits per heavy atom. The van der Waals surface area contributed by atoms with Gasteiger partial charge in [0.1, 0.15) is 5.82 Å². The molecular weight excluding hydrogens is 255 g/mol. The molecule has 1 fully saturated rings. The zero-order valence-electron chi connectivity index (χ0n) is 11.5. The van der Waals surface area contributed by atoms with Crippen molar-refractivity contribution in [3.8, 4) is 0 Å². The summed E-state index contributed by atoms with van der Waals surface area (Å²) in [5.74, 6) is 0.0795. The molecule has 108 valence electrons. The molecule has 1 aromatic carbocycles. The van der Waals surface area contributed by atoms with Crippen LogP contribution in [0.1, 0.15) is 31.2 Å². The SMILES string of the molecule is NCC(NC(=O)/C=C/c1ccc(F)cc1)C1CCCC1. The van der Waals surface area contributed by atoms with Crippen molar-refractivity contribution in [3.63, 3.8) is 0 Å². The number of nitrogens with one attached hydrogen (secondary N) is 1. The molecule has 0 heterocycles. The molecule has 0 aliphatic heterocycles. The van der Waals surface area contributed by atoms with Gasteiger partial charge in [0.15, 0.2) is 0 Å². The van der Waals surface area contributed by atoms with E-state index in [-0.39, 0.29) is 17.8 Å². The lowest BCUT2D eigenvalue weighted by Crippen LogP contribution is -2.43. The van der Waals surface area contributed by atoms with Crippen molar-refractivity contribution < 1.29 is 9.18 Å². The average molecular weight is 276 g/mol. The third-order valence-corrected chi connectivity index (χ3v) is 3.85. The van der Waals surface area contributed by atoms with E-state index in [9.17, 15) is 9.18 Å². The first-order chi connectivity index (χ1) is 9.69. The van der Waals surface area contributed by atoms with Crippen LogP contribution in [0.25, 0.3) is 6.08 Å². The first-order valence-electron chi connectivity index (χ1n) is 7.13. The molecule has 1 aliphatic rings. The summed E-state index contributed by atoms with van der Waals surface area (Å²) in [6.07, 6.45) is 7.89. The molecule has 0 radical (unpaired) electrons. The molecule has 0 bridgehead atoms. The highest BCUT2D eigenvalue weighted by molar-refractivity contribution is 5.91. The van der Waals surface area contributed by atoms with Crippen LogP contribution < -0.4 is 11.1 Å². The van der Waals surface area contributed by atoms with Gasteiger partial charge in [-0.2, -0.15) is 0 Å². The van der Waals surface area contributed by atoms with Crippen LogP contribution in [-0.2, 0) is 4.79 Å². The van der Waals surface area contributed by atoms with E-state index in [1.54, 1.807) is 18.2 Å². The van der Waals surface area contributed by atoms with E-state index in [1.807, 2.05) is 0 Å². The van der Waals surface area contributed by atoms with Gasteiger partial charge < -0.3 is 11.1 Å². The molecule has 3 nitrogen and oxygen atoms in total. The van der Waals surface area contributed by atoms with Crippen LogP contribution in [0.4, 0.5) is 4.39 Å². The number of benzene rings is 1. The number of carbonyl (C=O) groups excluding carboxylic acids is 1. The van der Waals surface area contributed by atoms with Gasteiger partial charge in [-0.3, -0.25) is 4.79 Å². The lowest BCUT2D eigenvalue weighted by Gasteiger charge is -2.22. The van der Waals surface area contributed by atoms with Crippen LogP contribution >= 0.6 is 0 Å². The topological polar surface area (TPSA) is 55.1 Å². The Balaban J connectivity index is 1.88. The third kappa shape index (κ3) is 4.17. The van der Waals surface area contributed by atoms with E-state index in [4.69, 9.17) is 5.73 Å². The van der Waals surface area contributed by atoms with E-state index in [0.29, 0.717) is 12.5 Å². The molecule has 1 aromatic rings. The van der Waals surface area contributed by atoms with Gasteiger partial charge in [0.25, 0.3) is 0 Å². The number of hydrogen-bond donors (Lipinski definition) is 2. The molecule has 1 aliphatic carbocycles. The van der Waals surface area contributed by atoms with Gasteiger partial charge >= 0.3 is 0 Å². The van der Waals surface area contributed by atoms with Gasteiger partial charge in [-0.15, -0.1) is 0 Å². The summed E-state index contributed by atoms with van der Waals surface area (Å²) in [5, 5.41) is 2.97. The minimum absolute atomic E-state index is 0.0582. The number of halogens is 1.